The fourth-order valence-electron chi connectivity index (χ4n) is 2.50. The fourth-order valence-corrected chi connectivity index (χ4v) is 4.08. The SMILES string of the molecule is COc1ccc(NC(=O)[C@@H](N)C(C)(C)C)cc1S(=O)(=O)N1CCOCC1. The molecule has 1 heterocycles. The van der Waals surface area contributed by atoms with Crippen molar-refractivity contribution in [2.75, 3.05) is 38.7 Å². The third-order valence-corrected chi connectivity index (χ3v) is 6.15. The number of ether oxygens (including phenoxy) is 2. The lowest BCUT2D eigenvalue weighted by atomic mass is 9.87. The summed E-state index contributed by atoms with van der Waals surface area (Å²) in [5.41, 5.74) is 5.89. The zero-order chi connectivity index (χ0) is 19.5. The zero-order valence-corrected chi connectivity index (χ0v) is 16.4. The fraction of sp³-hybridized carbons (Fsp3) is 0.588. The zero-order valence-electron chi connectivity index (χ0n) is 15.6. The summed E-state index contributed by atoms with van der Waals surface area (Å²) in [5.74, 6) is -0.160. The maximum absolute atomic E-state index is 13.0. The van der Waals surface area contributed by atoms with E-state index in [1.807, 2.05) is 20.8 Å². The molecule has 0 aromatic heterocycles. The third kappa shape index (κ3) is 4.53. The highest BCUT2D eigenvalue weighted by Gasteiger charge is 2.31. The minimum atomic E-state index is -3.77. The van der Waals surface area contributed by atoms with Crippen LogP contribution in [0.1, 0.15) is 20.8 Å². The van der Waals surface area contributed by atoms with E-state index in [0.717, 1.165) is 0 Å². The van der Waals surface area contributed by atoms with Crippen LogP contribution < -0.4 is 15.8 Å². The molecule has 1 aromatic carbocycles. The van der Waals surface area contributed by atoms with Gasteiger partial charge in [-0.1, -0.05) is 20.8 Å². The number of sulfonamides is 1. The molecule has 1 amide bonds. The Bertz CT molecular complexity index is 752. The van der Waals surface area contributed by atoms with Gasteiger partial charge in [0.2, 0.25) is 15.9 Å². The van der Waals surface area contributed by atoms with E-state index in [0.29, 0.717) is 18.9 Å². The lowest BCUT2D eigenvalue weighted by Gasteiger charge is -2.27. The highest BCUT2D eigenvalue weighted by atomic mass is 32.2. The van der Waals surface area contributed by atoms with Gasteiger partial charge in [0.25, 0.3) is 0 Å². The Morgan fingerprint density at radius 3 is 2.46 bits per heavy atom. The molecule has 1 saturated heterocycles. The van der Waals surface area contributed by atoms with Gasteiger partial charge >= 0.3 is 0 Å². The third-order valence-electron chi connectivity index (χ3n) is 4.23. The molecule has 8 nitrogen and oxygen atoms in total. The van der Waals surface area contributed by atoms with Crippen molar-refractivity contribution in [3.8, 4) is 5.75 Å². The van der Waals surface area contributed by atoms with Gasteiger partial charge in [-0.25, -0.2) is 8.42 Å². The Kier molecular flexibility index (Phi) is 6.28. The van der Waals surface area contributed by atoms with E-state index >= 15 is 0 Å². The number of methoxy groups -OCH3 is 1. The summed E-state index contributed by atoms with van der Waals surface area (Å²) in [6.07, 6.45) is 0. The van der Waals surface area contributed by atoms with Crippen LogP contribution >= 0.6 is 0 Å². The van der Waals surface area contributed by atoms with E-state index in [1.54, 1.807) is 6.07 Å². The maximum atomic E-state index is 13.0. The maximum Gasteiger partial charge on any atom is 0.246 e. The summed E-state index contributed by atoms with van der Waals surface area (Å²) in [5, 5.41) is 2.69. The van der Waals surface area contributed by atoms with Gasteiger partial charge in [0.05, 0.1) is 26.4 Å². The molecule has 0 radical (unpaired) electrons. The first kappa shape index (κ1) is 20.6. The normalized spacial score (nSPS) is 17.6. The molecule has 9 heteroatoms. The van der Waals surface area contributed by atoms with Gasteiger partial charge < -0.3 is 20.5 Å². The van der Waals surface area contributed by atoms with Gasteiger partial charge in [-0.15, -0.1) is 0 Å². The Hall–Kier alpha value is -1.68. The monoisotopic (exact) mass is 385 g/mol. The summed E-state index contributed by atoms with van der Waals surface area (Å²) in [6, 6.07) is 3.77. The Morgan fingerprint density at radius 2 is 1.92 bits per heavy atom. The Morgan fingerprint density at radius 1 is 1.31 bits per heavy atom. The molecule has 146 valence electrons. The minimum Gasteiger partial charge on any atom is -0.495 e. The molecule has 1 fully saturated rings. The van der Waals surface area contributed by atoms with Crippen LogP contribution in [0.25, 0.3) is 0 Å². The largest absolute Gasteiger partial charge is 0.495 e. The predicted molar refractivity (Wildman–Crippen MR) is 98.6 cm³/mol. The Labute approximate surface area is 154 Å². The molecule has 2 rings (SSSR count). The topological polar surface area (TPSA) is 111 Å². The van der Waals surface area contributed by atoms with Gasteiger partial charge in [-0.3, -0.25) is 4.79 Å². The lowest BCUT2D eigenvalue weighted by Crippen LogP contribution is -2.45. The molecule has 0 spiro atoms. The molecule has 0 unspecified atom stereocenters. The summed E-state index contributed by atoms with van der Waals surface area (Å²) in [6.45, 7) is 6.82. The highest BCUT2D eigenvalue weighted by molar-refractivity contribution is 7.89. The number of rotatable bonds is 5. The summed E-state index contributed by atoms with van der Waals surface area (Å²) >= 11 is 0. The molecule has 1 aliphatic rings. The number of hydrogen-bond acceptors (Lipinski definition) is 6. The van der Waals surface area contributed by atoms with Crippen LogP contribution in [-0.4, -0.2) is 58.1 Å². The number of nitrogens with zero attached hydrogens (tertiary/aromatic N) is 1. The minimum absolute atomic E-state index is 0.00373. The first-order valence-corrected chi connectivity index (χ1v) is 9.84. The summed E-state index contributed by atoms with van der Waals surface area (Å²) in [7, 11) is -2.36. The van der Waals surface area contributed by atoms with Crippen LogP contribution in [0, 0.1) is 5.41 Å². The highest BCUT2D eigenvalue weighted by Crippen LogP contribution is 2.30. The van der Waals surface area contributed by atoms with Crippen LogP contribution in [0.15, 0.2) is 23.1 Å². The van der Waals surface area contributed by atoms with Crippen molar-refractivity contribution in [1.82, 2.24) is 4.31 Å². The van der Waals surface area contributed by atoms with Crippen molar-refractivity contribution in [1.29, 1.82) is 0 Å². The molecule has 0 saturated carbocycles. The van der Waals surface area contributed by atoms with Crippen LogP contribution in [0.3, 0.4) is 0 Å². The molecule has 26 heavy (non-hydrogen) atoms. The average molecular weight is 385 g/mol. The van der Waals surface area contributed by atoms with E-state index in [2.05, 4.69) is 5.32 Å². The second-order valence-corrected chi connectivity index (χ2v) is 9.12. The molecule has 1 aliphatic heterocycles. The number of benzene rings is 1. The first-order chi connectivity index (χ1) is 12.1. The van der Waals surface area contributed by atoms with Crippen LogP contribution in [0.4, 0.5) is 5.69 Å². The predicted octanol–water partition coefficient (Wildman–Crippen LogP) is 1.03. The smallest absolute Gasteiger partial charge is 0.246 e. The molecule has 0 bridgehead atoms. The molecule has 3 N–H and O–H groups in total. The van der Waals surface area contributed by atoms with Crippen LogP contribution in [-0.2, 0) is 19.6 Å². The molecular weight excluding hydrogens is 358 g/mol. The van der Waals surface area contributed by atoms with Crippen molar-refractivity contribution in [3.63, 3.8) is 0 Å². The summed E-state index contributed by atoms with van der Waals surface area (Å²) in [4.78, 5) is 12.3. The van der Waals surface area contributed by atoms with E-state index in [-0.39, 0.29) is 29.6 Å². The quantitative estimate of drug-likeness (QED) is 0.783. The number of carbonyl (C=O) groups is 1. The second-order valence-electron chi connectivity index (χ2n) is 7.22. The van der Waals surface area contributed by atoms with Crippen LogP contribution in [0.2, 0.25) is 0 Å². The number of carbonyl (C=O) groups excluding carboxylic acids is 1. The Balaban J connectivity index is 2.32. The molecule has 0 aliphatic carbocycles. The number of morpholine rings is 1. The molecular formula is C17H27N3O5S. The van der Waals surface area contributed by atoms with Gasteiger partial charge in [0.1, 0.15) is 10.6 Å². The van der Waals surface area contributed by atoms with Crippen molar-refractivity contribution >= 4 is 21.6 Å². The number of nitrogens with two attached hydrogens (primary N) is 1. The summed E-state index contributed by atoms with van der Waals surface area (Å²) < 4.78 is 37.7. The van der Waals surface area contributed by atoms with Crippen molar-refractivity contribution < 1.29 is 22.7 Å². The standard InChI is InChI=1S/C17H27N3O5S/c1-17(2,3)15(18)16(21)19-12-5-6-13(24-4)14(11-12)26(22,23)20-7-9-25-10-8-20/h5-6,11,15H,7-10,18H2,1-4H3,(H,19,21)/t15-/m1/s1. The number of nitrogens with one attached hydrogen (secondary N) is 1. The van der Waals surface area contributed by atoms with E-state index in [9.17, 15) is 13.2 Å². The van der Waals surface area contributed by atoms with Crippen molar-refractivity contribution in [3.05, 3.63) is 18.2 Å². The molecule has 1 atom stereocenters. The van der Waals surface area contributed by atoms with Crippen molar-refractivity contribution in [2.24, 2.45) is 11.1 Å². The van der Waals surface area contributed by atoms with E-state index in [1.165, 1.54) is 23.5 Å². The number of anilines is 1. The average Bonchev–Trinajstić information content (AvgIpc) is 2.60. The van der Waals surface area contributed by atoms with Gasteiger partial charge in [0.15, 0.2) is 0 Å². The van der Waals surface area contributed by atoms with Gasteiger partial charge in [-0.2, -0.15) is 4.31 Å². The first-order valence-electron chi connectivity index (χ1n) is 8.40. The lowest BCUT2D eigenvalue weighted by molar-refractivity contribution is -0.119. The van der Waals surface area contributed by atoms with Gasteiger partial charge in [-0.05, 0) is 23.6 Å². The van der Waals surface area contributed by atoms with E-state index in [4.69, 9.17) is 15.2 Å². The number of amides is 1. The van der Waals surface area contributed by atoms with Crippen LogP contribution in [0.5, 0.6) is 5.75 Å². The van der Waals surface area contributed by atoms with E-state index < -0.39 is 21.5 Å². The number of hydrogen-bond donors (Lipinski definition) is 2. The molecule has 1 aromatic rings. The van der Waals surface area contributed by atoms with Crippen molar-refractivity contribution in [2.45, 2.75) is 31.7 Å². The second kappa shape index (κ2) is 7.91. The van der Waals surface area contributed by atoms with Gasteiger partial charge in [0, 0.05) is 18.8 Å².